The smallest absolute Gasteiger partial charge is 0.241 e. The number of benzene rings is 1. The number of terminal acetylenes is 1. The summed E-state index contributed by atoms with van der Waals surface area (Å²) in [4.78, 5) is 12.3. The Bertz CT molecular complexity index is 1030. The number of carbonyl (C=O) groups excluding carboxylic acids is 1. The van der Waals surface area contributed by atoms with Gasteiger partial charge in [0.2, 0.25) is 15.9 Å². The highest BCUT2D eigenvalue weighted by Gasteiger charge is 2.38. The second-order valence-corrected chi connectivity index (χ2v) is 7.71. The van der Waals surface area contributed by atoms with Gasteiger partial charge in [-0.1, -0.05) is 4.85 Å². The summed E-state index contributed by atoms with van der Waals surface area (Å²) in [6.45, 7) is -0.109. The van der Waals surface area contributed by atoms with Crippen LogP contribution in [0.3, 0.4) is 0 Å². The maximum atomic E-state index is 12.3. The van der Waals surface area contributed by atoms with E-state index in [1.54, 1.807) is 0 Å². The molecule has 0 bridgehead atoms. The van der Waals surface area contributed by atoms with Crippen LogP contribution in [-0.4, -0.2) is 53.4 Å². The molecule has 1 aromatic carbocycles. The lowest BCUT2D eigenvalue weighted by molar-refractivity contribution is -0.119. The zero-order valence-electron chi connectivity index (χ0n) is 14.2. The number of nitrogens with zero attached hydrogens (tertiary/aromatic N) is 5. The summed E-state index contributed by atoms with van der Waals surface area (Å²) in [5.74, 6) is 2.04. The van der Waals surface area contributed by atoms with E-state index in [9.17, 15) is 18.4 Å². The molecule has 0 atom stereocenters. The van der Waals surface area contributed by atoms with Gasteiger partial charge in [-0.3, -0.25) is 4.79 Å². The largest absolute Gasteiger partial charge is 0.410 e. The quantitative estimate of drug-likeness (QED) is 0.405. The first-order chi connectivity index (χ1) is 12.9. The number of nitrogens with one attached hydrogen (secondary N) is 2. The van der Waals surface area contributed by atoms with Gasteiger partial charge in [-0.2, -0.15) is 10.2 Å². The van der Waals surface area contributed by atoms with Crippen LogP contribution in [0.4, 0.5) is 0 Å². The van der Waals surface area contributed by atoms with Crippen molar-refractivity contribution >= 4 is 27.0 Å². The van der Waals surface area contributed by atoms with E-state index >= 15 is 0 Å². The molecule has 2 aromatic rings. The Morgan fingerprint density at radius 3 is 2.81 bits per heavy atom. The first kappa shape index (κ1) is 18.7. The van der Waals surface area contributed by atoms with Gasteiger partial charge in [0.1, 0.15) is 11.0 Å². The summed E-state index contributed by atoms with van der Waals surface area (Å²) in [7, 11) is -3.92. The van der Waals surface area contributed by atoms with E-state index in [1.807, 2.05) is 0 Å². The summed E-state index contributed by atoms with van der Waals surface area (Å²) in [5.41, 5.74) is -0.0287. The van der Waals surface area contributed by atoms with Gasteiger partial charge in [-0.05, 0) is 23.4 Å². The maximum Gasteiger partial charge on any atom is 0.241 e. The normalized spacial score (nSPS) is 14.8. The summed E-state index contributed by atoms with van der Waals surface area (Å²) in [6.07, 6.45) is 6.91. The third-order valence-electron chi connectivity index (χ3n) is 4.03. The molecule has 2 heterocycles. The van der Waals surface area contributed by atoms with Crippen molar-refractivity contribution < 1.29 is 18.4 Å². The maximum absolute atomic E-state index is 12.3. The Hall–Kier alpha value is -3.04. The molecule has 0 saturated heterocycles. The predicted octanol–water partition coefficient (Wildman–Crippen LogP) is 0.0287. The number of carbonyl (C=O) groups is 1. The van der Waals surface area contributed by atoms with Crippen LogP contribution in [0.1, 0.15) is 19.3 Å². The Balaban J connectivity index is 1.49. The molecular weight excluding hydrogens is 374 g/mol. The third-order valence-corrected chi connectivity index (χ3v) is 5.43. The van der Waals surface area contributed by atoms with Crippen LogP contribution in [-0.2, 0) is 14.8 Å². The summed E-state index contributed by atoms with van der Waals surface area (Å²) >= 11 is 0. The Morgan fingerprint density at radius 1 is 1.33 bits per heavy atom. The molecule has 0 fully saturated rings. The SMILES string of the molecule is C#CCCC1(CCNC(=O)CNS(=O)(=O)c2ccc3c(c2)nnn3O)N=N1. The lowest BCUT2D eigenvalue weighted by Crippen LogP contribution is -2.38. The minimum atomic E-state index is -3.92. The average molecular weight is 391 g/mol. The molecule has 1 amide bonds. The monoisotopic (exact) mass is 391 g/mol. The molecule has 12 heteroatoms. The molecule has 27 heavy (non-hydrogen) atoms. The van der Waals surface area contributed by atoms with Crippen LogP contribution in [0, 0.1) is 12.3 Å². The highest BCUT2D eigenvalue weighted by Crippen LogP contribution is 2.35. The molecule has 11 nitrogen and oxygen atoms in total. The number of rotatable bonds is 9. The molecule has 0 saturated carbocycles. The average Bonchev–Trinajstić information content (AvgIpc) is 3.33. The van der Waals surface area contributed by atoms with E-state index in [-0.39, 0.29) is 15.9 Å². The van der Waals surface area contributed by atoms with E-state index in [2.05, 4.69) is 36.5 Å². The fourth-order valence-corrected chi connectivity index (χ4v) is 3.44. The molecule has 142 valence electrons. The van der Waals surface area contributed by atoms with Crippen LogP contribution in [0.25, 0.3) is 11.0 Å². The number of sulfonamides is 1. The highest BCUT2D eigenvalue weighted by molar-refractivity contribution is 7.89. The van der Waals surface area contributed by atoms with Gasteiger partial charge in [0.15, 0.2) is 5.66 Å². The van der Waals surface area contributed by atoms with Gasteiger partial charge in [0.25, 0.3) is 0 Å². The molecule has 3 N–H and O–H groups in total. The number of hydrogen-bond acceptors (Lipinski definition) is 8. The molecule has 3 rings (SSSR count). The standard InChI is InChI=1S/C15H17N7O4S/c1-2-3-6-15(19-20-15)7-8-16-14(23)10-17-27(25,26)11-4-5-13-12(9-11)18-21-22(13)24/h1,4-5,9,17,24H,3,6-8,10H2,(H,16,23). The number of amides is 1. The second-order valence-electron chi connectivity index (χ2n) is 5.94. The zero-order chi connectivity index (χ0) is 19.5. The molecule has 0 radical (unpaired) electrons. The van der Waals surface area contributed by atoms with Gasteiger partial charge < -0.3 is 10.5 Å². The van der Waals surface area contributed by atoms with Gasteiger partial charge >= 0.3 is 0 Å². The molecule has 0 unspecified atom stereocenters. The van der Waals surface area contributed by atoms with E-state index in [0.717, 1.165) is 0 Å². The summed E-state index contributed by atoms with van der Waals surface area (Å²) in [6, 6.07) is 3.90. The summed E-state index contributed by atoms with van der Waals surface area (Å²) < 4.78 is 26.8. The van der Waals surface area contributed by atoms with Gasteiger partial charge in [0.05, 0.1) is 11.4 Å². The molecule has 1 aromatic heterocycles. The number of aromatic nitrogens is 3. The van der Waals surface area contributed by atoms with Crippen molar-refractivity contribution in [3.8, 4) is 12.3 Å². The lowest BCUT2D eigenvalue weighted by atomic mass is 10.0. The zero-order valence-corrected chi connectivity index (χ0v) is 15.0. The van der Waals surface area contributed by atoms with Crippen LogP contribution in [0.2, 0.25) is 0 Å². The molecular formula is C15H17N7O4S. The van der Waals surface area contributed by atoms with Crippen LogP contribution < -0.4 is 10.0 Å². The topological polar surface area (TPSA) is 151 Å². The number of hydrogen-bond donors (Lipinski definition) is 3. The minimum absolute atomic E-state index is 0.0906. The van der Waals surface area contributed by atoms with Crippen molar-refractivity contribution in [2.24, 2.45) is 10.2 Å². The Labute approximate surface area is 154 Å². The Morgan fingerprint density at radius 2 is 2.11 bits per heavy atom. The first-order valence-corrected chi connectivity index (χ1v) is 9.52. The van der Waals surface area contributed by atoms with Gasteiger partial charge in [-0.25, -0.2) is 13.1 Å². The highest BCUT2D eigenvalue weighted by atomic mass is 32.2. The van der Waals surface area contributed by atoms with Crippen molar-refractivity contribution in [2.75, 3.05) is 13.1 Å². The van der Waals surface area contributed by atoms with Crippen molar-refractivity contribution in [1.29, 1.82) is 0 Å². The second kappa shape index (κ2) is 7.29. The van der Waals surface area contributed by atoms with E-state index < -0.39 is 28.1 Å². The molecule has 0 aliphatic carbocycles. The van der Waals surface area contributed by atoms with Crippen LogP contribution in [0.5, 0.6) is 0 Å². The number of fused-ring (bicyclic) bond motifs is 1. The van der Waals surface area contributed by atoms with Gasteiger partial charge in [0, 0.05) is 25.8 Å². The van der Waals surface area contributed by atoms with Crippen molar-refractivity contribution in [3.05, 3.63) is 18.2 Å². The molecule has 1 aliphatic heterocycles. The molecule has 1 aliphatic rings. The van der Waals surface area contributed by atoms with Crippen molar-refractivity contribution in [2.45, 2.75) is 29.8 Å². The third kappa shape index (κ3) is 4.39. The summed E-state index contributed by atoms with van der Waals surface area (Å²) in [5, 5.41) is 26.9. The lowest BCUT2D eigenvalue weighted by Gasteiger charge is -2.10. The van der Waals surface area contributed by atoms with Crippen LogP contribution >= 0.6 is 0 Å². The first-order valence-electron chi connectivity index (χ1n) is 8.04. The van der Waals surface area contributed by atoms with Gasteiger partial charge in [-0.15, -0.1) is 17.4 Å². The van der Waals surface area contributed by atoms with E-state index in [1.165, 1.54) is 18.2 Å². The Kier molecular flexibility index (Phi) is 5.06. The van der Waals surface area contributed by atoms with E-state index in [0.29, 0.717) is 30.7 Å². The van der Waals surface area contributed by atoms with Crippen LogP contribution in [0.15, 0.2) is 33.3 Å². The molecule has 0 spiro atoms. The van der Waals surface area contributed by atoms with Crippen molar-refractivity contribution in [3.63, 3.8) is 0 Å². The fourth-order valence-electron chi connectivity index (χ4n) is 2.43. The minimum Gasteiger partial charge on any atom is -0.410 e. The van der Waals surface area contributed by atoms with E-state index in [4.69, 9.17) is 6.42 Å². The predicted molar refractivity (Wildman–Crippen MR) is 93.2 cm³/mol. The fraction of sp³-hybridized carbons (Fsp3) is 0.400. The van der Waals surface area contributed by atoms with Crippen molar-refractivity contribution in [1.82, 2.24) is 25.2 Å².